The summed E-state index contributed by atoms with van der Waals surface area (Å²) in [5.41, 5.74) is 1.30. The number of nitrogens with one attached hydrogen (secondary N) is 2. The van der Waals surface area contributed by atoms with E-state index in [-0.39, 0.29) is 6.04 Å². The van der Waals surface area contributed by atoms with E-state index < -0.39 is 10.0 Å². The number of fused-ring (bicyclic) bond motifs is 2. The Morgan fingerprint density at radius 1 is 0.697 bits per heavy atom. The van der Waals surface area contributed by atoms with E-state index in [0.29, 0.717) is 10.8 Å². The lowest BCUT2D eigenvalue weighted by Crippen LogP contribution is -2.39. The number of benzene rings is 4. The zero-order chi connectivity index (χ0) is 22.7. The molecule has 1 aliphatic carbocycles. The van der Waals surface area contributed by atoms with Crippen molar-refractivity contribution in [2.45, 2.75) is 43.2 Å². The van der Waals surface area contributed by atoms with Crippen molar-refractivity contribution < 1.29 is 8.42 Å². The summed E-state index contributed by atoms with van der Waals surface area (Å²) in [5, 5.41) is 8.14. The van der Waals surface area contributed by atoms with Gasteiger partial charge in [-0.25, -0.2) is 13.1 Å². The predicted octanol–water partition coefficient (Wildman–Crippen LogP) is 5.62. The van der Waals surface area contributed by atoms with E-state index >= 15 is 0 Å². The number of sulfonamides is 1. The SMILES string of the molecule is O=S(=O)(NC1CCC(CNCc2ccc3ccccc3c2)CC1)c1ccc2ccccc2c1. The van der Waals surface area contributed by atoms with Gasteiger partial charge in [0.25, 0.3) is 0 Å². The molecule has 1 saturated carbocycles. The summed E-state index contributed by atoms with van der Waals surface area (Å²) in [6.45, 7) is 1.83. The molecular formula is C28H30N2O2S. The molecule has 4 nitrogen and oxygen atoms in total. The van der Waals surface area contributed by atoms with Crippen LogP contribution in [-0.2, 0) is 16.6 Å². The molecule has 2 N–H and O–H groups in total. The van der Waals surface area contributed by atoms with Crippen LogP contribution in [-0.4, -0.2) is 21.0 Å². The number of rotatable bonds is 7. The van der Waals surface area contributed by atoms with E-state index in [1.165, 1.54) is 16.3 Å². The van der Waals surface area contributed by atoms with Gasteiger partial charge in [-0.1, -0.05) is 66.7 Å². The molecule has 0 amide bonds. The Hall–Kier alpha value is -2.73. The highest BCUT2D eigenvalue weighted by Crippen LogP contribution is 2.26. The van der Waals surface area contributed by atoms with Gasteiger partial charge in [0.05, 0.1) is 4.90 Å². The van der Waals surface area contributed by atoms with Crippen LogP contribution in [0, 0.1) is 5.92 Å². The summed E-state index contributed by atoms with van der Waals surface area (Å²) in [6, 6.07) is 28.2. The van der Waals surface area contributed by atoms with Crippen LogP contribution in [0.1, 0.15) is 31.2 Å². The molecule has 4 aromatic carbocycles. The van der Waals surface area contributed by atoms with Gasteiger partial charge in [-0.15, -0.1) is 0 Å². The van der Waals surface area contributed by atoms with Gasteiger partial charge < -0.3 is 5.32 Å². The van der Waals surface area contributed by atoms with Gasteiger partial charge in [-0.05, 0) is 83.5 Å². The standard InChI is InChI=1S/C28H30N2O2S/c31-33(32,28-16-13-24-6-2-4-8-26(24)18-28)30-27-14-10-21(11-15-27)19-29-20-22-9-12-23-5-1-3-7-25(23)17-22/h1-9,12-13,16-18,21,27,29-30H,10-11,14-15,19-20H2. The minimum atomic E-state index is -3.51. The van der Waals surface area contributed by atoms with Crippen molar-refractivity contribution in [2.75, 3.05) is 6.54 Å². The van der Waals surface area contributed by atoms with Gasteiger partial charge in [0.1, 0.15) is 0 Å². The van der Waals surface area contributed by atoms with E-state index in [2.05, 4.69) is 52.5 Å². The molecule has 4 aromatic rings. The van der Waals surface area contributed by atoms with E-state index in [4.69, 9.17) is 0 Å². The van der Waals surface area contributed by atoms with Gasteiger partial charge in [0.15, 0.2) is 0 Å². The van der Waals surface area contributed by atoms with Crippen LogP contribution in [0.4, 0.5) is 0 Å². The first-order chi connectivity index (χ1) is 16.1. The topological polar surface area (TPSA) is 58.2 Å². The maximum atomic E-state index is 12.9. The third kappa shape index (κ3) is 5.27. The first-order valence-electron chi connectivity index (χ1n) is 11.8. The van der Waals surface area contributed by atoms with E-state index in [0.717, 1.165) is 49.5 Å². The molecule has 170 valence electrons. The summed E-state index contributed by atoms with van der Waals surface area (Å²) >= 11 is 0. The van der Waals surface area contributed by atoms with Gasteiger partial charge in [0, 0.05) is 12.6 Å². The van der Waals surface area contributed by atoms with Crippen molar-refractivity contribution in [1.82, 2.24) is 10.0 Å². The Kier molecular flexibility index (Phi) is 6.45. The van der Waals surface area contributed by atoms with Crippen LogP contribution in [0.2, 0.25) is 0 Å². The summed E-state index contributed by atoms with van der Waals surface area (Å²) in [7, 11) is -3.51. The summed E-state index contributed by atoms with van der Waals surface area (Å²) in [5.74, 6) is 0.590. The maximum absolute atomic E-state index is 12.9. The molecule has 33 heavy (non-hydrogen) atoms. The van der Waals surface area contributed by atoms with Crippen molar-refractivity contribution in [1.29, 1.82) is 0 Å². The Labute approximate surface area is 196 Å². The predicted molar refractivity (Wildman–Crippen MR) is 136 cm³/mol. The smallest absolute Gasteiger partial charge is 0.240 e. The Morgan fingerprint density at radius 2 is 1.30 bits per heavy atom. The fourth-order valence-corrected chi connectivity index (χ4v) is 6.22. The molecule has 0 radical (unpaired) electrons. The molecule has 1 fully saturated rings. The fourth-order valence-electron chi connectivity index (χ4n) is 4.88. The lowest BCUT2D eigenvalue weighted by Gasteiger charge is -2.29. The van der Waals surface area contributed by atoms with Crippen LogP contribution in [0.15, 0.2) is 89.8 Å². The van der Waals surface area contributed by atoms with Crippen LogP contribution >= 0.6 is 0 Å². The van der Waals surface area contributed by atoms with Crippen LogP contribution in [0.25, 0.3) is 21.5 Å². The molecule has 5 heteroatoms. The Bertz CT molecular complexity index is 1360. The minimum Gasteiger partial charge on any atom is -0.312 e. The molecule has 0 heterocycles. The minimum absolute atomic E-state index is 0.0122. The first-order valence-corrected chi connectivity index (χ1v) is 13.2. The zero-order valence-electron chi connectivity index (χ0n) is 18.7. The van der Waals surface area contributed by atoms with Crippen LogP contribution < -0.4 is 10.0 Å². The highest BCUT2D eigenvalue weighted by atomic mass is 32.2. The third-order valence-corrected chi connectivity index (χ3v) is 8.29. The molecule has 5 rings (SSSR count). The van der Waals surface area contributed by atoms with Crippen molar-refractivity contribution in [2.24, 2.45) is 5.92 Å². The summed E-state index contributed by atoms with van der Waals surface area (Å²) < 4.78 is 28.8. The van der Waals surface area contributed by atoms with E-state index in [9.17, 15) is 8.42 Å². The highest BCUT2D eigenvalue weighted by molar-refractivity contribution is 7.89. The zero-order valence-corrected chi connectivity index (χ0v) is 19.5. The summed E-state index contributed by atoms with van der Waals surface area (Å²) in [6.07, 6.45) is 3.84. The molecule has 0 aromatic heterocycles. The third-order valence-electron chi connectivity index (χ3n) is 6.78. The molecule has 0 bridgehead atoms. The number of hydrogen-bond acceptors (Lipinski definition) is 3. The fraction of sp³-hybridized carbons (Fsp3) is 0.286. The van der Waals surface area contributed by atoms with Gasteiger partial charge in [0.2, 0.25) is 10.0 Å². The average molecular weight is 459 g/mol. The van der Waals surface area contributed by atoms with Gasteiger partial charge >= 0.3 is 0 Å². The molecular weight excluding hydrogens is 428 g/mol. The molecule has 0 saturated heterocycles. The average Bonchev–Trinajstić information content (AvgIpc) is 2.84. The van der Waals surface area contributed by atoms with E-state index in [1.54, 1.807) is 12.1 Å². The quantitative estimate of drug-likeness (QED) is 0.378. The lowest BCUT2D eigenvalue weighted by molar-refractivity contribution is 0.302. The first kappa shape index (κ1) is 22.1. The lowest BCUT2D eigenvalue weighted by atomic mass is 9.86. The molecule has 1 aliphatic rings. The van der Waals surface area contributed by atoms with Crippen molar-refractivity contribution in [3.63, 3.8) is 0 Å². The monoisotopic (exact) mass is 458 g/mol. The van der Waals surface area contributed by atoms with Crippen LogP contribution in [0.5, 0.6) is 0 Å². The van der Waals surface area contributed by atoms with Crippen molar-refractivity contribution >= 4 is 31.6 Å². The van der Waals surface area contributed by atoms with Crippen LogP contribution in [0.3, 0.4) is 0 Å². The molecule has 0 atom stereocenters. The molecule has 0 aliphatic heterocycles. The van der Waals surface area contributed by atoms with E-state index in [1.807, 2.05) is 30.3 Å². The van der Waals surface area contributed by atoms with Crippen molar-refractivity contribution in [3.8, 4) is 0 Å². The van der Waals surface area contributed by atoms with Crippen molar-refractivity contribution in [3.05, 3.63) is 90.5 Å². The van der Waals surface area contributed by atoms with Gasteiger partial charge in [-0.3, -0.25) is 0 Å². The second kappa shape index (κ2) is 9.64. The molecule has 0 unspecified atom stereocenters. The second-order valence-electron chi connectivity index (χ2n) is 9.16. The second-order valence-corrected chi connectivity index (χ2v) is 10.9. The molecule has 0 spiro atoms. The maximum Gasteiger partial charge on any atom is 0.240 e. The largest absolute Gasteiger partial charge is 0.312 e. The highest BCUT2D eigenvalue weighted by Gasteiger charge is 2.25. The number of hydrogen-bond donors (Lipinski definition) is 2. The normalized spacial score (nSPS) is 19.2. The van der Waals surface area contributed by atoms with Gasteiger partial charge in [-0.2, -0.15) is 0 Å². The Morgan fingerprint density at radius 3 is 2.00 bits per heavy atom. The summed E-state index contributed by atoms with van der Waals surface area (Å²) in [4.78, 5) is 0.348. The Balaban J connectivity index is 1.11.